The molecule has 0 heterocycles. The fourth-order valence-electron chi connectivity index (χ4n) is 7.09. The van der Waals surface area contributed by atoms with Crippen molar-refractivity contribution in [2.75, 3.05) is 6.26 Å². The Bertz CT molecular complexity index is 5940. The van der Waals surface area contributed by atoms with Gasteiger partial charge >= 0.3 is 17.9 Å². The van der Waals surface area contributed by atoms with Gasteiger partial charge in [-0.2, -0.15) is 10.5 Å². The number of aromatic carboxylic acids is 3. The van der Waals surface area contributed by atoms with E-state index < -0.39 is 123 Å². The molecule has 0 saturated heterocycles. The molecule has 0 saturated carbocycles. The van der Waals surface area contributed by atoms with Gasteiger partial charge in [0.05, 0.1) is 77.9 Å². The summed E-state index contributed by atoms with van der Waals surface area (Å²) in [5, 5.41) is 42.8. The van der Waals surface area contributed by atoms with E-state index in [-0.39, 0.29) is 77.7 Å². The Kier molecular flexibility index (Phi) is 38.8. The lowest BCUT2D eigenvalue weighted by atomic mass is 10.2. The van der Waals surface area contributed by atoms with Crippen LogP contribution in [0.4, 0.5) is 0 Å². The molecule has 113 heavy (non-hydrogen) atoms. The van der Waals surface area contributed by atoms with Crippen LogP contribution < -0.4 is 17.2 Å². The molecule has 0 aliphatic heterocycles. The zero-order chi connectivity index (χ0) is 87.2. The molecule has 0 amide bonds. The number of hydrogen-bond donors (Lipinski definition) is 6. The van der Waals surface area contributed by atoms with E-state index in [0.29, 0.717) is 16.1 Å². The number of nitriles is 2. The van der Waals surface area contributed by atoms with Crippen molar-refractivity contribution in [3.63, 3.8) is 0 Å². The minimum absolute atomic E-state index is 0.0606. The van der Waals surface area contributed by atoms with Gasteiger partial charge in [0.15, 0.2) is 9.84 Å². The lowest BCUT2D eigenvalue weighted by molar-refractivity contribution is 0.0683. The summed E-state index contributed by atoms with van der Waals surface area (Å²) >= 11 is 19.3. The van der Waals surface area contributed by atoms with Crippen LogP contribution in [0, 0.1) is 22.7 Å². The third-order valence-corrected chi connectivity index (χ3v) is 21.1. The van der Waals surface area contributed by atoms with Gasteiger partial charge in [0, 0.05) is 28.0 Å². The van der Waals surface area contributed by atoms with Crippen molar-refractivity contribution in [1.82, 2.24) is 0 Å². The molecule has 0 spiro atoms. The van der Waals surface area contributed by atoms with Crippen molar-refractivity contribution in [2.24, 2.45) is 17.2 Å². The molecule has 50 heteroatoms. The number of benzene rings is 9. The predicted molar refractivity (Wildman–Crippen MR) is 398 cm³/mol. The first-order valence-corrected chi connectivity index (χ1v) is 43.1. The largest absolute Gasteiger partial charge is 0.744 e. The van der Waals surface area contributed by atoms with Gasteiger partial charge in [-0.1, -0.05) is 127 Å². The maximum atomic E-state index is 11.1. The minimum atomic E-state index is -4.57. The predicted octanol–water partition coefficient (Wildman–Crippen LogP) is 4.21. The van der Waals surface area contributed by atoms with Crippen molar-refractivity contribution in [3.05, 3.63) is 268 Å². The molecule has 9 rings (SSSR count). The van der Waals surface area contributed by atoms with Crippen molar-refractivity contribution in [3.8, 4) is 12.1 Å². The Morgan fingerprint density at radius 3 is 0.956 bits per heavy atom. The lowest BCUT2D eigenvalue weighted by Crippen LogP contribution is -2.14. The summed E-state index contributed by atoms with van der Waals surface area (Å²) in [6.45, 7) is 0. The Hall–Kier alpha value is -10.4. The quantitative estimate of drug-likeness (QED) is 0.0618. The summed E-state index contributed by atoms with van der Waals surface area (Å²) in [5.74, 6) is -3.68. The molecule has 0 aliphatic carbocycles. The van der Waals surface area contributed by atoms with Crippen molar-refractivity contribution in [2.45, 2.75) is 44.1 Å². The number of carboxylic acid groups (broad SMARTS) is 3. The second-order valence-electron chi connectivity index (χ2n) is 20.2. The Balaban J connectivity index is 0.000000636. The first-order chi connectivity index (χ1) is 51.6. The topological polar surface area (TPSA) is 729 Å². The first kappa shape index (κ1) is 101. The number of sulfone groups is 1. The summed E-state index contributed by atoms with van der Waals surface area (Å²) in [7, 11) is -39.1. The Morgan fingerprint density at radius 1 is 0.327 bits per heavy atom. The molecule has 0 radical (unpaired) electrons. The third kappa shape index (κ3) is 37.2. The number of carboxylic acids is 3. The number of thiocarbonyl (C=S) groups is 3. The molecule has 9 aromatic carbocycles. The van der Waals surface area contributed by atoms with Crippen LogP contribution in [0.25, 0.3) is 0 Å². The molecular weight excluding hydrogens is 1760 g/mol. The van der Waals surface area contributed by atoms with E-state index in [1.165, 1.54) is 152 Å². The van der Waals surface area contributed by atoms with Crippen molar-refractivity contribution < 1.29 is 142 Å². The zero-order valence-corrected chi connectivity index (χ0v) is 66.4. The molecule has 0 fully saturated rings. The van der Waals surface area contributed by atoms with Gasteiger partial charge in [-0.3, -0.25) is 0 Å². The second kappa shape index (κ2) is 43.6. The summed E-state index contributed by atoms with van der Waals surface area (Å²) in [5.41, 5.74) is 16.3. The maximum absolute atomic E-state index is 11.1. The minimum Gasteiger partial charge on any atom is -0.744 e. The highest BCUT2D eigenvalue weighted by Crippen LogP contribution is 2.20. The van der Waals surface area contributed by atoms with Crippen LogP contribution in [0.2, 0.25) is 5.02 Å². The average Bonchev–Trinajstić information content (AvgIpc) is 0.841. The van der Waals surface area contributed by atoms with Crippen LogP contribution >= 0.6 is 48.3 Å². The van der Waals surface area contributed by atoms with Crippen LogP contribution in [-0.4, -0.2) is 167 Å². The molecule has 0 unspecified atom stereocenters. The van der Waals surface area contributed by atoms with Gasteiger partial charge < -0.3 is 68.9 Å². The monoisotopic (exact) mass is 1800 g/mol. The van der Waals surface area contributed by atoms with E-state index in [2.05, 4.69) is 36.7 Å². The van der Waals surface area contributed by atoms with Gasteiger partial charge in [0.25, 0.3) is 0 Å². The van der Waals surface area contributed by atoms with Crippen LogP contribution in [0.15, 0.2) is 262 Å². The van der Waals surface area contributed by atoms with E-state index in [4.69, 9.17) is 54.6 Å². The molecule has 9 aromatic rings. The van der Waals surface area contributed by atoms with Gasteiger partial charge in [-0.15, -0.1) is 0 Å². The lowest BCUT2D eigenvalue weighted by Gasteiger charge is -2.10. The number of carbonyl (C=O) groups is 3. The number of nitrogens with zero attached hydrogens (tertiary/aromatic N) is 2. The standard InChI is InChI=1S/C8H8O4S.3C7H7NO3S2.2C7H5NO3S.2C7H6O5S.C6H5ClO3S/c1-13(11,12)7-5-3-2-4-6(7)8(9)10;8-7(12)5-1-3-6(4-2-5)13(9,10)11;8-7(12)5-2-1-3-6(4-5)13(9,10)11;8-7(12)5-3-1-2-4-6(5)13(9,10)11;8-5-6-2-1-3-7(4-6)12(9,10)11;8-5-6-3-1-2-4-7(6)12(9,10)11;8-7(9)5-1-3-6(4-2-5)13(10,11)12;8-7(9)5-2-1-3-6(4-5)13(10,11)12;7-5-1-3-6(4-2-5)11(8,9)10/h2-5H,1H3,(H,9,10);3*1-4H,(H2,8,12)(H,9,10,11);2*1-4H,(H,9,10,11);2*1-4H,(H,8,9)(H,10,11,12);1-4H,(H,8,9,10)/p-8. The van der Waals surface area contributed by atoms with E-state index in [0.717, 1.165) is 66.9 Å². The first-order valence-electron chi connectivity index (χ1n) is 28.4. The molecule has 0 bridgehead atoms. The fraction of sp³-hybridized carbons (Fsp3) is 0.0159. The van der Waals surface area contributed by atoms with Crippen LogP contribution in [0.5, 0.6) is 0 Å². The SMILES string of the molecule is CS(=O)(=O)c1ccccc1C(=O)O.N#Cc1cccc(S(=O)(=O)[O-])c1.N#Cc1ccccc1S(=O)(=O)[O-].NC(=S)c1ccc(S(=O)(=O)[O-])cc1.NC(=S)c1cccc(S(=O)(=O)[O-])c1.NC(=S)c1ccccc1S(=O)(=O)[O-].O=C(O)c1ccc(S(=O)(=O)[O-])cc1.O=C(O)c1cccc(S(=O)(=O)[O-])c1.O=S(=O)([O-])c1ccc(Cl)cc1. The molecular formula is C63H48ClN5O32S12-8. The number of halogens is 1. The van der Waals surface area contributed by atoms with Crippen LogP contribution in [0.1, 0.15) is 58.9 Å². The normalized spacial score (nSPS) is 11.1. The molecule has 0 aliphatic rings. The highest BCUT2D eigenvalue weighted by molar-refractivity contribution is 7.91. The third-order valence-electron chi connectivity index (χ3n) is 12.2. The van der Waals surface area contributed by atoms with E-state index in [9.17, 15) is 127 Å². The summed E-state index contributed by atoms with van der Waals surface area (Å²) in [6, 6.07) is 48.5. The highest BCUT2D eigenvalue weighted by atomic mass is 35.5. The number of rotatable bonds is 15. The summed E-state index contributed by atoms with van der Waals surface area (Å²) in [6.07, 6.45) is 0.981. The number of nitrogens with two attached hydrogens (primary N) is 3. The average molecular weight is 1810 g/mol. The van der Waals surface area contributed by atoms with E-state index >= 15 is 0 Å². The molecule has 0 atom stereocenters. The molecule has 0 aromatic heterocycles. The second-order valence-corrected chi connectivity index (χ2v) is 34.9. The Morgan fingerprint density at radius 2 is 0.646 bits per heavy atom. The van der Waals surface area contributed by atoms with Gasteiger partial charge in [-0.25, -0.2) is 90.1 Å². The summed E-state index contributed by atoms with van der Waals surface area (Å²) in [4.78, 5) is 28.2. The van der Waals surface area contributed by atoms with E-state index in [1.807, 2.05) is 0 Å². The molecule has 9 N–H and O–H groups in total. The number of hydrogen-bond acceptors (Lipinski definition) is 34. The van der Waals surface area contributed by atoms with Crippen molar-refractivity contribution in [1.29, 1.82) is 10.5 Å². The smallest absolute Gasteiger partial charge is 0.337 e. The van der Waals surface area contributed by atoms with E-state index in [1.54, 1.807) is 18.2 Å². The van der Waals surface area contributed by atoms with Crippen LogP contribution in [0.3, 0.4) is 0 Å². The molecule has 37 nitrogen and oxygen atoms in total. The summed E-state index contributed by atoms with van der Waals surface area (Å²) < 4.78 is 274. The molecule has 604 valence electrons. The van der Waals surface area contributed by atoms with Crippen molar-refractivity contribution >= 4 is 172 Å². The fourth-order valence-corrected chi connectivity index (χ4v) is 12.9. The zero-order valence-electron chi connectivity index (χ0n) is 55.9. The van der Waals surface area contributed by atoms with Gasteiger partial charge in [0.1, 0.15) is 102 Å². The van der Waals surface area contributed by atoms with Gasteiger partial charge in [0.2, 0.25) is 0 Å². The van der Waals surface area contributed by atoms with Crippen LogP contribution in [-0.2, 0) is 90.8 Å². The van der Waals surface area contributed by atoms with Gasteiger partial charge in [-0.05, 0) is 140 Å². The maximum Gasteiger partial charge on any atom is 0.337 e. The Labute approximate surface area is 666 Å². The highest BCUT2D eigenvalue weighted by Gasteiger charge is 2.17.